The molecule has 106 valence electrons. The van der Waals surface area contributed by atoms with Crippen molar-refractivity contribution in [2.24, 2.45) is 7.05 Å². The Morgan fingerprint density at radius 1 is 1.25 bits per heavy atom. The molecule has 0 aliphatic heterocycles. The van der Waals surface area contributed by atoms with Gasteiger partial charge in [-0.2, -0.15) is 5.10 Å². The van der Waals surface area contributed by atoms with E-state index in [0.717, 1.165) is 29.2 Å². The maximum absolute atomic E-state index is 13.5. The first-order valence-electron chi connectivity index (χ1n) is 5.91. The van der Waals surface area contributed by atoms with E-state index >= 15 is 0 Å². The number of hydrogen-bond acceptors (Lipinski definition) is 2. The SMILES string of the molecule is Cc1nn(C)c(C)c1NC(=S)Nc1ccc(F)cc1F. The highest BCUT2D eigenvalue weighted by Gasteiger charge is 2.11. The molecule has 7 heteroatoms. The highest BCUT2D eigenvalue weighted by Crippen LogP contribution is 2.20. The minimum absolute atomic E-state index is 0.114. The van der Waals surface area contributed by atoms with Crippen LogP contribution < -0.4 is 10.6 Å². The first-order valence-corrected chi connectivity index (χ1v) is 6.32. The summed E-state index contributed by atoms with van der Waals surface area (Å²) in [6, 6.07) is 3.25. The summed E-state index contributed by atoms with van der Waals surface area (Å²) in [4.78, 5) is 0. The standard InChI is InChI=1S/C13H14F2N4S/c1-7-12(8(2)19(3)18-7)17-13(20)16-11-5-4-9(14)6-10(11)15/h4-6H,1-3H3,(H2,16,17,20). The topological polar surface area (TPSA) is 41.9 Å². The molecule has 0 bridgehead atoms. The summed E-state index contributed by atoms with van der Waals surface area (Å²) in [6.45, 7) is 3.74. The highest BCUT2D eigenvalue weighted by molar-refractivity contribution is 7.80. The van der Waals surface area contributed by atoms with Gasteiger partial charge in [-0.25, -0.2) is 8.78 Å². The van der Waals surface area contributed by atoms with Crippen LogP contribution in [0.15, 0.2) is 18.2 Å². The first-order chi connectivity index (χ1) is 9.38. The Kier molecular flexibility index (Phi) is 3.99. The molecule has 20 heavy (non-hydrogen) atoms. The number of nitrogens with zero attached hydrogens (tertiary/aromatic N) is 2. The lowest BCUT2D eigenvalue weighted by Crippen LogP contribution is -2.20. The minimum Gasteiger partial charge on any atom is -0.330 e. The van der Waals surface area contributed by atoms with Crippen LogP contribution in [0.4, 0.5) is 20.2 Å². The van der Waals surface area contributed by atoms with Gasteiger partial charge in [0, 0.05) is 13.1 Å². The molecule has 1 aromatic carbocycles. The van der Waals surface area contributed by atoms with Gasteiger partial charge in [0.1, 0.15) is 11.6 Å². The average Bonchev–Trinajstić information content (AvgIpc) is 2.60. The quantitative estimate of drug-likeness (QED) is 0.836. The second-order valence-electron chi connectivity index (χ2n) is 4.37. The van der Waals surface area contributed by atoms with E-state index in [2.05, 4.69) is 15.7 Å². The van der Waals surface area contributed by atoms with Crippen LogP contribution in [0.25, 0.3) is 0 Å². The third kappa shape index (κ3) is 2.93. The van der Waals surface area contributed by atoms with Crippen molar-refractivity contribution >= 4 is 28.7 Å². The Labute approximate surface area is 120 Å². The molecule has 0 spiro atoms. The van der Waals surface area contributed by atoms with Gasteiger partial charge in [0.25, 0.3) is 0 Å². The van der Waals surface area contributed by atoms with Crippen LogP contribution >= 0.6 is 12.2 Å². The monoisotopic (exact) mass is 296 g/mol. The van der Waals surface area contributed by atoms with Crippen molar-refractivity contribution < 1.29 is 8.78 Å². The fraction of sp³-hybridized carbons (Fsp3) is 0.231. The molecule has 1 heterocycles. The molecule has 0 amide bonds. The van der Waals surface area contributed by atoms with Gasteiger partial charge in [0.2, 0.25) is 0 Å². The molecule has 2 N–H and O–H groups in total. The van der Waals surface area contributed by atoms with Crippen molar-refractivity contribution in [3.63, 3.8) is 0 Å². The smallest absolute Gasteiger partial charge is 0.175 e. The van der Waals surface area contributed by atoms with Crippen molar-refractivity contribution in [1.82, 2.24) is 9.78 Å². The van der Waals surface area contributed by atoms with Gasteiger partial charge < -0.3 is 10.6 Å². The number of aromatic nitrogens is 2. The van der Waals surface area contributed by atoms with Crippen LogP contribution in [0.1, 0.15) is 11.4 Å². The lowest BCUT2D eigenvalue weighted by Gasteiger charge is -2.11. The normalized spacial score (nSPS) is 10.4. The fourth-order valence-corrected chi connectivity index (χ4v) is 2.02. The lowest BCUT2D eigenvalue weighted by atomic mass is 10.3. The van der Waals surface area contributed by atoms with E-state index in [4.69, 9.17) is 12.2 Å². The number of nitrogens with one attached hydrogen (secondary N) is 2. The van der Waals surface area contributed by atoms with Crippen molar-refractivity contribution in [2.45, 2.75) is 13.8 Å². The fourth-order valence-electron chi connectivity index (χ4n) is 1.81. The maximum Gasteiger partial charge on any atom is 0.175 e. The molecule has 2 aromatic rings. The predicted octanol–water partition coefficient (Wildman–Crippen LogP) is 3.12. The van der Waals surface area contributed by atoms with Crippen LogP contribution in [-0.2, 0) is 7.05 Å². The van der Waals surface area contributed by atoms with Crippen molar-refractivity contribution in [3.8, 4) is 0 Å². The molecule has 0 fully saturated rings. The van der Waals surface area contributed by atoms with E-state index in [1.807, 2.05) is 20.9 Å². The number of hydrogen-bond donors (Lipinski definition) is 2. The maximum atomic E-state index is 13.5. The van der Waals surface area contributed by atoms with Crippen LogP contribution in [0, 0.1) is 25.5 Å². The van der Waals surface area contributed by atoms with E-state index in [1.165, 1.54) is 6.07 Å². The molecule has 1 aromatic heterocycles. The zero-order chi connectivity index (χ0) is 14.9. The van der Waals surface area contributed by atoms with Crippen LogP contribution in [0.3, 0.4) is 0 Å². The van der Waals surface area contributed by atoms with Crippen LogP contribution in [0.2, 0.25) is 0 Å². The Hall–Kier alpha value is -2.02. The average molecular weight is 296 g/mol. The van der Waals surface area contributed by atoms with Gasteiger partial charge in [0.05, 0.1) is 22.8 Å². The van der Waals surface area contributed by atoms with E-state index in [9.17, 15) is 8.78 Å². The van der Waals surface area contributed by atoms with Gasteiger partial charge in [-0.3, -0.25) is 4.68 Å². The molecule has 4 nitrogen and oxygen atoms in total. The largest absolute Gasteiger partial charge is 0.330 e. The van der Waals surface area contributed by atoms with E-state index in [0.29, 0.717) is 0 Å². The van der Waals surface area contributed by atoms with Gasteiger partial charge >= 0.3 is 0 Å². The van der Waals surface area contributed by atoms with Gasteiger partial charge in [-0.1, -0.05) is 0 Å². The zero-order valence-corrected chi connectivity index (χ0v) is 12.1. The molecule has 0 unspecified atom stereocenters. The van der Waals surface area contributed by atoms with Gasteiger partial charge in [-0.05, 0) is 38.2 Å². The molecule has 0 saturated carbocycles. The number of thiocarbonyl (C=S) groups is 1. The second kappa shape index (κ2) is 5.54. The summed E-state index contributed by atoms with van der Waals surface area (Å²) >= 11 is 5.12. The number of aryl methyl sites for hydroxylation is 2. The summed E-state index contributed by atoms with van der Waals surface area (Å²) in [7, 11) is 1.82. The molecule has 0 radical (unpaired) electrons. The molecule has 0 aliphatic carbocycles. The lowest BCUT2D eigenvalue weighted by molar-refractivity contribution is 0.586. The minimum atomic E-state index is -0.700. The summed E-state index contributed by atoms with van der Waals surface area (Å²) in [5, 5.41) is 10.1. The summed E-state index contributed by atoms with van der Waals surface area (Å²) in [5.74, 6) is -1.33. The Bertz CT molecular complexity index is 667. The number of halogens is 2. The van der Waals surface area contributed by atoms with Gasteiger partial charge in [-0.15, -0.1) is 0 Å². The molecule has 0 saturated heterocycles. The molecular formula is C13H14F2N4S. The van der Waals surface area contributed by atoms with E-state index < -0.39 is 11.6 Å². The molecular weight excluding hydrogens is 282 g/mol. The molecule has 2 rings (SSSR count). The third-order valence-corrected chi connectivity index (χ3v) is 3.13. The number of anilines is 2. The zero-order valence-electron chi connectivity index (χ0n) is 11.3. The van der Waals surface area contributed by atoms with E-state index in [-0.39, 0.29) is 10.8 Å². The van der Waals surface area contributed by atoms with Crippen molar-refractivity contribution in [2.75, 3.05) is 10.6 Å². The van der Waals surface area contributed by atoms with Crippen LogP contribution in [0.5, 0.6) is 0 Å². The van der Waals surface area contributed by atoms with Crippen molar-refractivity contribution in [3.05, 3.63) is 41.2 Å². The van der Waals surface area contributed by atoms with E-state index in [1.54, 1.807) is 4.68 Å². The van der Waals surface area contributed by atoms with Crippen LogP contribution in [-0.4, -0.2) is 14.9 Å². The second-order valence-corrected chi connectivity index (χ2v) is 4.78. The molecule has 0 atom stereocenters. The highest BCUT2D eigenvalue weighted by atomic mass is 32.1. The third-order valence-electron chi connectivity index (χ3n) is 2.93. The summed E-state index contributed by atoms with van der Waals surface area (Å²) in [5.41, 5.74) is 2.58. The summed E-state index contributed by atoms with van der Waals surface area (Å²) < 4.78 is 28.0. The summed E-state index contributed by atoms with van der Waals surface area (Å²) in [6.07, 6.45) is 0. The van der Waals surface area contributed by atoms with Crippen molar-refractivity contribution in [1.29, 1.82) is 0 Å². The Morgan fingerprint density at radius 3 is 2.50 bits per heavy atom. The number of rotatable bonds is 2. The predicted molar refractivity (Wildman–Crippen MR) is 78.9 cm³/mol. The van der Waals surface area contributed by atoms with Gasteiger partial charge in [0.15, 0.2) is 5.11 Å². The Balaban J connectivity index is 2.13. The first kappa shape index (κ1) is 14.4. The number of benzene rings is 1. The molecule has 0 aliphatic rings. The Morgan fingerprint density at radius 2 is 1.95 bits per heavy atom.